The molecular weight excluding hydrogens is 394 g/mol. The Morgan fingerprint density at radius 3 is 2.93 bits per heavy atom. The first-order chi connectivity index (χ1) is 13.4. The highest BCUT2D eigenvalue weighted by Gasteiger charge is 2.24. The van der Waals surface area contributed by atoms with Gasteiger partial charge in [-0.05, 0) is 55.4 Å². The van der Waals surface area contributed by atoms with Crippen molar-refractivity contribution < 1.29 is 13.2 Å². The second-order valence-corrected chi connectivity index (χ2v) is 10.1. The summed E-state index contributed by atoms with van der Waals surface area (Å²) in [6.07, 6.45) is 4.53. The minimum absolute atomic E-state index is 0.112. The Labute approximate surface area is 169 Å². The summed E-state index contributed by atoms with van der Waals surface area (Å²) in [7, 11) is -3.71. The first-order valence-electron chi connectivity index (χ1n) is 9.49. The number of anilines is 1. The average Bonchev–Trinajstić information content (AvgIpc) is 3.30. The quantitative estimate of drug-likeness (QED) is 0.797. The normalized spacial score (nSPS) is 19.0. The van der Waals surface area contributed by atoms with Crippen molar-refractivity contribution in [2.75, 3.05) is 11.9 Å². The third-order valence-electron chi connectivity index (χ3n) is 5.18. The number of benzene rings is 1. The van der Waals surface area contributed by atoms with Crippen molar-refractivity contribution in [1.82, 2.24) is 4.72 Å². The Kier molecular flexibility index (Phi) is 5.25. The third-order valence-corrected chi connectivity index (χ3v) is 7.61. The summed E-state index contributed by atoms with van der Waals surface area (Å²) in [5.41, 5.74) is 2.31. The van der Waals surface area contributed by atoms with Gasteiger partial charge in [0.15, 0.2) is 0 Å². The van der Waals surface area contributed by atoms with Crippen LogP contribution in [0.15, 0.2) is 39.5 Å². The minimum Gasteiger partial charge on any atom is -0.322 e. The molecule has 1 aliphatic heterocycles. The number of nitrogens with zero attached hydrogens (tertiary/aromatic N) is 1. The molecule has 1 aromatic heterocycles. The van der Waals surface area contributed by atoms with Gasteiger partial charge in [-0.1, -0.05) is 13.0 Å². The number of sulfonamides is 1. The van der Waals surface area contributed by atoms with Crippen LogP contribution in [0.4, 0.5) is 5.69 Å². The van der Waals surface area contributed by atoms with E-state index in [1.54, 1.807) is 23.5 Å². The van der Waals surface area contributed by atoms with Crippen LogP contribution >= 0.6 is 11.3 Å². The van der Waals surface area contributed by atoms with E-state index in [4.69, 9.17) is 0 Å². The molecule has 0 fully saturated rings. The Balaban J connectivity index is 1.51. The molecule has 2 N–H and O–H groups in total. The lowest BCUT2D eigenvalue weighted by Crippen LogP contribution is -2.29. The summed E-state index contributed by atoms with van der Waals surface area (Å²) in [5, 5.41) is 4.77. The van der Waals surface area contributed by atoms with Gasteiger partial charge >= 0.3 is 0 Å². The van der Waals surface area contributed by atoms with Gasteiger partial charge in [0.25, 0.3) is 15.9 Å². The first-order valence-corrected chi connectivity index (χ1v) is 11.9. The molecule has 0 spiro atoms. The lowest BCUT2D eigenvalue weighted by Gasteiger charge is -2.18. The van der Waals surface area contributed by atoms with E-state index in [1.165, 1.54) is 17.0 Å². The van der Waals surface area contributed by atoms with E-state index in [2.05, 4.69) is 22.0 Å². The summed E-state index contributed by atoms with van der Waals surface area (Å²) < 4.78 is 27.7. The van der Waals surface area contributed by atoms with Crippen molar-refractivity contribution in [3.05, 3.63) is 45.6 Å². The summed E-state index contributed by atoms with van der Waals surface area (Å²) in [6, 6.07) is 6.33. The lowest BCUT2D eigenvalue weighted by atomic mass is 9.88. The maximum atomic E-state index is 12.8. The van der Waals surface area contributed by atoms with E-state index in [9.17, 15) is 13.2 Å². The molecule has 0 saturated heterocycles. The zero-order chi connectivity index (χ0) is 19.7. The van der Waals surface area contributed by atoms with Crippen molar-refractivity contribution >= 4 is 38.8 Å². The van der Waals surface area contributed by atoms with Gasteiger partial charge < -0.3 is 5.32 Å². The number of amides is 1. The van der Waals surface area contributed by atoms with Gasteiger partial charge in [0.2, 0.25) is 0 Å². The van der Waals surface area contributed by atoms with Crippen LogP contribution in [0.25, 0.3) is 0 Å². The fourth-order valence-corrected chi connectivity index (χ4v) is 6.02. The molecule has 28 heavy (non-hydrogen) atoms. The Hall–Kier alpha value is -2.19. The first kappa shape index (κ1) is 19.1. The molecule has 1 unspecified atom stereocenters. The van der Waals surface area contributed by atoms with Crippen molar-refractivity contribution in [3.63, 3.8) is 0 Å². The van der Waals surface area contributed by atoms with Crippen molar-refractivity contribution in [1.29, 1.82) is 0 Å². The van der Waals surface area contributed by atoms with Crippen LogP contribution in [0.3, 0.4) is 0 Å². The number of hydrogen-bond donors (Lipinski definition) is 2. The SMILES string of the molecule is CC1CCc2c(C(=O)Nc3cccc(S(=O)(=O)NC4=NCCC4)c3)csc2C1. The summed E-state index contributed by atoms with van der Waals surface area (Å²) in [6.45, 7) is 2.89. The lowest BCUT2D eigenvalue weighted by molar-refractivity contribution is 0.102. The largest absolute Gasteiger partial charge is 0.322 e. The molecule has 1 aliphatic carbocycles. The van der Waals surface area contributed by atoms with Gasteiger partial charge in [-0.15, -0.1) is 11.3 Å². The molecule has 8 heteroatoms. The number of rotatable bonds is 4. The van der Waals surface area contributed by atoms with E-state index < -0.39 is 10.0 Å². The zero-order valence-electron chi connectivity index (χ0n) is 15.7. The van der Waals surface area contributed by atoms with Crippen molar-refractivity contribution in [3.8, 4) is 0 Å². The predicted molar refractivity (Wildman–Crippen MR) is 112 cm³/mol. The topological polar surface area (TPSA) is 87.6 Å². The number of amidine groups is 1. The molecule has 1 atom stereocenters. The van der Waals surface area contributed by atoms with Crippen molar-refractivity contribution in [2.24, 2.45) is 10.9 Å². The number of carbonyl (C=O) groups excluding carboxylic acids is 1. The van der Waals surface area contributed by atoms with Crippen LogP contribution in [0, 0.1) is 5.92 Å². The van der Waals surface area contributed by atoms with E-state index >= 15 is 0 Å². The number of nitrogens with one attached hydrogen (secondary N) is 2. The maximum absolute atomic E-state index is 12.8. The molecule has 1 aromatic carbocycles. The van der Waals surface area contributed by atoms with E-state index in [0.29, 0.717) is 36.0 Å². The Morgan fingerprint density at radius 1 is 1.29 bits per heavy atom. The van der Waals surface area contributed by atoms with Gasteiger partial charge in [-0.25, -0.2) is 8.42 Å². The van der Waals surface area contributed by atoms with E-state index in [-0.39, 0.29) is 10.8 Å². The van der Waals surface area contributed by atoms with Crippen LogP contribution < -0.4 is 10.0 Å². The Bertz CT molecular complexity index is 1040. The standard InChI is InChI=1S/C20H23N3O3S2/c1-13-7-8-16-17(12-27-18(16)10-13)20(24)22-14-4-2-5-15(11-14)28(25,26)23-19-6-3-9-21-19/h2,4-5,11-13H,3,6-10H2,1H3,(H,21,23)(H,22,24). The smallest absolute Gasteiger partial charge is 0.262 e. The van der Waals surface area contributed by atoms with Gasteiger partial charge in [-0.3, -0.25) is 14.5 Å². The molecule has 6 nitrogen and oxygen atoms in total. The fraction of sp³-hybridized carbons (Fsp3) is 0.400. The highest BCUT2D eigenvalue weighted by molar-refractivity contribution is 7.90. The summed E-state index contributed by atoms with van der Waals surface area (Å²) in [4.78, 5) is 18.3. The molecule has 4 rings (SSSR count). The predicted octanol–water partition coefficient (Wildman–Crippen LogP) is 3.60. The molecular formula is C20H23N3O3S2. The number of carbonyl (C=O) groups is 1. The fourth-order valence-electron chi connectivity index (χ4n) is 3.64. The van der Waals surface area contributed by atoms with Crippen LogP contribution in [-0.4, -0.2) is 26.7 Å². The van der Waals surface area contributed by atoms with E-state index in [1.807, 2.05) is 5.38 Å². The van der Waals surface area contributed by atoms with Crippen LogP contribution in [-0.2, 0) is 22.9 Å². The van der Waals surface area contributed by atoms with Crippen LogP contribution in [0.1, 0.15) is 47.0 Å². The molecule has 2 heterocycles. The molecule has 0 saturated carbocycles. The zero-order valence-corrected chi connectivity index (χ0v) is 17.3. The second-order valence-electron chi connectivity index (χ2n) is 7.42. The number of fused-ring (bicyclic) bond motifs is 1. The monoisotopic (exact) mass is 417 g/mol. The number of aliphatic imine (C=N–C) groups is 1. The average molecular weight is 418 g/mol. The van der Waals surface area contributed by atoms with Crippen LogP contribution in [0.5, 0.6) is 0 Å². The van der Waals surface area contributed by atoms with Crippen molar-refractivity contribution in [2.45, 2.75) is 43.9 Å². The third kappa shape index (κ3) is 3.98. The van der Waals surface area contributed by atoms with Gasteiger partial charge in [-0.2, -0.15) is 0 Å². The molecule has 148 valence electrons. The highest BCUT2D eigenvalue weighted by Crippen LogP contribution is 2.33. The Morgan fingerprint density at radius 2 is 2.14 bits per heavy atom. The molecule has 0 bridgehead atoms. The number of hydrogen-bond acceptors (Lipinski definition) is 5. The second kappa shape index (κ2) is 7.67. The van der Waals surface area contributed by atoms with Gasteiger partial charge in [0, 0.05) is 28.9 Å². The highest BCUT2D eigenvalue weighted by atomic mass is 32.2. The maximum Gasteiger partial charge on any atom is 0.262 e. The van der Waals surface area contributed by atoms with Gasteiger partial charge in [0.1, 0.15) is 5.84 Å². The summed E-state index contributed by atoms with van der Waals surface area (Å²) in [5.74, 6) is 0.962. The molecule has 0 radical (unpaired) electrons. The summed E-state index contributed by atoms with van der Waals surface area (Å²) >= 11 is 1.64. The molecule has 2 aromatic rings. The molecule has 1 amide bonds. The van der Waals surface area contributed by atoms with Gasteiger partial charge in [0.05, 0.1) is 10.5 Å². The minimum atomic E-state index is -3.71. The molecule has 2 aliphatic rings. The van der Waals surface area contributed by atoms with E-state index in [0.717, 1.165) is 31.2 Å². The van der Waals surface area contributed by atoms with Crippen LogP contribution in [0.2, 0.25) is 0 Å². The number of thiophene rings is 1.